The number of aryl methyl sites for hydroxylation is 1. The molecule has 2 heterocycles. The maximum absolute atomic E-state index is 13.6. The number of hydrogen-bond acceptors (Lipinski definition) is 8. The Labute approximate surface area is 229 Å². The normalized spacial score (nSPS) is 14.8. The molecule has 4 rings (SSSR count). The first kappa shape index (κ1) is 27.3. The van der Waals surface area contributed by atoms with Crippen molar-refractivity contribution in [2.75, 3.05) is 23.5 Å². The number of allylic oxidation sites excluding steroid dienone is 2. The molecular formula is C29H26N4O5S. The fourth-order valence-corrected chi connectivity index (χ4v) is 5.07. The fourth-order valence-electron chi connectivity index (χ4n) is 4.17. The van der Waals surface area contributed by atoms with Crippen LogP contribution in [-0.2, 0) is 14.3 Å². The van der Waals surface area contributed by atoms with Gasteiger partial charge >= 0.3 is 5.97 Å². The Morgan fingerprint density at radius 1 is 1.03 bits per heavy atom. The maximum atomic E-state index is 13.6. The largest absolute Gasteiger partial charge is 0.468 e. The summed E-state index contributed by atoms with van der Waals surface area (Å²) in [5.74, 6) is -1.76. The number of furan rings is 1. The van der Waals surface area contributed by atoms with Gasteiger partial charge in [0.25, 0.3) is 5.91 Å². The molecule has 2 amide bonds. The molecule has 9 nitrogen and oxygen atoms in total. The molecule has 2 aromatic carbocycles. The lowest BCUT2D eigenvalue weighted by molar-refractivity contribution is -0.114. The van der Waals surface area contributed by atoms with Gasteiger partial charge in [0.2, 0.25) is 5.91 Å². The molecule has 3 aromatic rings. The molecule has 198 valence electrons. The van der Waals surface area contributed by atoms with E-state index < -0.39 is 17.8 Å². The number of anilines is 2. The molecule has 0 aliphatic carbocycles. The molecule has 0 radical (unpaired) electrons. The lowest BCUT2D eigenvalue weighted by Gasteiger charge is -2.28. The summed E-state index contributed by atoms with van der Waals surface area (Å²) >= 11 is 1.16. The van der Waals surface area contributed by atoms with Gasteiger partial charge in [0.15, 0.2) is 0 Å². The summed E-state index contributed by atoms with van der Waals surface area (Å²) in [6.07, 6.45) is 1.46. The van der Waals surface area contributed by atoms with Crippen molar-refractivity contribution in [2.45, 2.75) is 19.8 Å². The summed E-state index contributed by atoms with van der Waals surface area (Å²) in [5.41, 5.74) is 3.06. The Hall–Kier alpha value is -4.75. The Morgan fingerprint density at radius 2 is 1.74 bits per heavy atom. The van der Waals surface area contributed by atoms with Gasteiger partial charge < -0.3 is 25.1 Å². The number of nitriles is 1. The minimum Gasteiger partial charge on any atom is -0.468 e. The van der Waals surface area contributed by atoms with Crippen LogP contribution in [0.4, 0.5) is 11.4 Å². The highest BCUT2D eigenvalue weighted by atomic mass is 32.2. The van der Waals surface area contributed by atoms with Crippen molar-refractivity contribution in [2.24, 2.45) is 0 Å². The molecule has 10 heteroatoms. The summed E-state index contributed by atoms with van der Waals surface area (Å²) in [7, 11) is 1.26. The minimum atomic E-state index is -0.835. The third-order valence-corrected chi connectivity index (χ3v) is 7.08. The van der Waals surface area contributed by atoms with Crippen LogP contribution in [0.5, 0.6) is 0 Å². The number of nitrogens with one attached hydrogen (secondary N) is 3. The van der Waals surface area contributed by atoms with E-state index in [1.54, 1.807) is 43.3 Å². The first-order chi connectivity index (χ1) is 18.8. The summed E-state index contributed by atoms with van der Waals surface area (Å²) in [4.78, 5) is 38.5. The van der Waals surface area contributed by atoms with E-state index in [9.17, 15) is 19.6 Å². The van der Waals surface area contributed by atoms with Crippen LogP contribution < -0.4 is 16.0 Å². The second-order valence-electron chi connectivity index (χ2n) is 8.61. The van der Waals surface area contributed by atoms with Crippen LogP contribution in [0.25, 0.3) is 0 Å². The van der Waals surface area contributed by atoms with Crippen molar-refractivity contribution >= 4 is 40.9 Å². The highest BCUT2D eigenvalue weighted by molar-refractivity contribution is 8.03. The standard InChI is InChI=1S/C29H26N4O5S/c1-17-9-4-6-11-21(17)32-24(34)16-39-28-20(15-30)26(23-13-8-14-38-23)25(18(2)31-28)27(35)33-22-12-7-5-10-19(22)29(36)37-3/h4-14,26,31H,16H2,1-3H3,(H,32,34)(H,33,35)/t26-/m1/s1. The second-order valence-corrected chi connectivity index (χ2v) is 9.60. The van der Waals surface area contributed by atoms with E-state index in [4.69, 9.17) is 9.15 Å². The van der Waals surface area contributed by atoms with E-state index in [2.05, 4.69) is 22.0 Å². The van der Waals surface area contributed by atoms with Crippen molar-refractivity contribution in [3.63, 3.8) is 0 Å². The van der Waals surface area contributed by atoms with E-state index in [0.29, 0.717) is 22.2 Å². The number of ether oxygens (including phenoxy) is 1. The van der Waals surface area contributed by atoms with Gasteiger partial charge in [0, 0.05) is 11.4 Å². The van der Waals surface area contributed by atoms with Crippen LogP contribution in [-0.4, -0.2) is 30.6 Å². The Balaban J connectivity index is 1.61. The number of thioether (sulfide) groups is 1. The lowest BCUT2D eigenvalue weighted by Crippen LogP contribution is -2.31. The highest BCUT2D eigenvalue weighted by Crippen LogP contribution is 2.41. The van der Waals surface area contributed by atoms with Crippen molar-refractivity contribution in [1.82, 2.24) is 5.32 Å². The van der Waals surface area contributed by atoms with Gasteiger partial charge in [-0.25, -0.2) is 4.79 Å². The number of esters is 1. The second kappa shape index (κ2) is 12.2. The van der Waals surface area contributed by atoms with Gasteiger partial charge in [0.05, 0.1) is 58.5 Å². The predicted molar refractivity (Wildman–Crippen MR) is 149 cm³/mol. The van der Waals surface area contributed by atoms with Crippen molar-refractivity contribution in [3.05, 3.63) is 106 Å². The molecule has 3 N–H and O–H groups in total. The summed E-state index contributed by atoms with van der Waals surface area (Å²) in [6.45, 7) is 3.61. The number of hydrogen-bond donors (Lipinski definition) is 3. The van der Waals surface area contributed by atoms with Crippen molar-refractivity contribution in [3.8, 4) is 6.07 Å². The zero-order valence-corrected chi connectivity index (χ0v) is 22.3. The Kier molecular flexibility index (Phi) is 8.53. The van der Waals surface area contributed by atoms with E-state index in [0.717, 1.165) is 17.3 Å². The monoisotopic (exact) mass is 542 g/mol. The van der Waals surface area contributed by atoms with Crippen LogP contribution in [0.1, 0.15) is 34.5 Å². The summed E-state index contributed by atoms with van der Waals surface area (Å²) < 4.78 is 10.5. The molecule has 1 aromatic heterocycles. The molecule has 1 atom stereocenters. The highest BCUT2D eigenvalue weighted by Gasteiger charge is 2.37. The Morgan fingerprint density at radius 3 is 2.41 bits per heavy atom. The number of methoxy groups -OCH3 is 1. The zero-order valence-electron chi connectivity index (χ0n) is 21.5. The summed E-state index contributed by atoms with van der Waals surface area (Å²) in [5, 5.41) is 19.4. The van der Waals surface area contributed by atoms with Crippen molar-refractivity contribution < 1.29 is 23.5 Å². The summed E-state index contributed by atoms with van der Waals surface area (Å²) in [6, 6.07) is 19.5. The third-order valence-electron chi connectivity index (χ3n) is 6.07. The van der Waals surface area contributed by atoms with Gasteiger partial charge in [-0.3, -0.25) is 9.59 Å². The van der Waals surface area contributed by atoms with Gasteiger partial charge in [-0.1, -0.05) is 42.1 Å². The van der Waals surface area contributed by atoms with E-state index in [-0.39, 0.29) is 34.1 Å². The minimum absolute atomic E-state index is 0.0358. The molecule has 0 saturated carbocycles. The van der Waals surface area contributed by atoms with Crippen LogP contribution in [0, 0.1) is 18.3 Å². The number of dihydropyridines is 1. The number of carbonyl (C=O) groups excluding carboxylic acids is 3. The van der Waals surface area contributed by atoms with Gasteiger partial charge in [-0.15, -0.1) is 0 Å². The number of nitrogens with zero attached hydrogens (tertiary/aromatic N) is 1. The van der Waals surface area contributed by atoms with Crippen LogP contribution in [0.3, 0.4) is 0 Å². The first-order valence-corrected chi connectivity index (χ1v) is 12.9. The average Bonchev–Trinajstić information content (AvgIpc) is 3.47. The molecule has 0 bridgehead atoms. The van der Waals surface area contributed by atoms with Gasteiger partial charge in [-0.05, 0) is 49.7 Å². The van der Waals surface area contributed by atoms with Gasteiger partial charge in [-0.2, -0.15) is 5.26 Å². The molecule has 39 heavy (non-hydrogen) atoms. The number of rotatable bonds is 8. The number of para-hydroxylation sites is 2. The van der Waals surface area contributed by atoms with E-state index >= 15 is 0 Å². The number of amides is 2. The first-order valence-electron chi connectivity index (χ1n) is 12.0. The topological polar surface area (TPSA) is 133 Å². The fraction of sp³-hybridized carbons (Fsp3) is 0.172. The molecule has 0 unspecified atom stereocenters. The van der Waals surface area contributed by atoms with E-state index in [1.807, 2.05) is 31.2 Å². The smallest absolute Gasteiger partial charge is 0.339 e. The molecule has 1 aliphatic rings. The predicted octanol–water partition coefficient (Wildman–Crippen LogP) is 5.08. The maximum Gasteiger partial charge on any atom is 0.339 e. The molecule has 0 spiro atoms. The third kappa shape index (κ3) is 6.05. The van der Waals surface area contributed by atoms with E-state index in [1.165, 1.54) is 13.4 Å². The van der Waals surface area contributed by atoms with Crippen molar-refractivity contribution in [1.29, 1.82) is 5.26 Å². The molecule has 0 saturated heterocycles. The quantitative estimate of drug-likeness (QED) is 0.336. The van der Waals surface area contributed by atoms with Gasteiger partial charge in [0.1, 0.15) is 5.76 Å². The molecule has 0 fully saturated rings. The SMILES string of the molecule is COC(=O)c1ccccc1NC(=O)C1=C(C)NC(SCC(=O)Nc2ccccc2C)=C(C#N)[C@@H]1c1ccco1. The van der Waals surface area contributed by atoms with Crippen LogP contribution >= 0.6 is 11.8 Å². The average molecular weight is 543 g/mol. The van der Waals surface area contributed by atoms with Crippen LogP contribution in [0.15, 0.2) is 93.2 Å². The number of benzene rings is 2. The number of carbonyl (C=O) groups is 3. The Bertz CT molecular complexity index is 1520. The lowest BCUT2D eigenvalue weighted by atomic mass is 9.85. The molecule has 1 aliphatic heterocycles. The van der Waals surface area contributed by atoms with Crippen LogP contribution in [0.2, 0.25) is 0 Å². The zero-order chi connectivity index (χ0) is 27.9. The molecular weight excluding hydrogens is 516 g/mol.